The van der Waals surface area contributed by atoms with E-state index in [0.29, 0.717) is 30.6 Å². The van der Waals surface area contributed by atoms with Crippen LogP contribution in [0, 0.1) is 0 Å². The number of amides is 1. The van der Waals surface area contributed by atoms with Crippen LogP contribution < -0.4 is 10.2 Å². The normalized spacial score (nSPS) is 14.4. The number of anilines is 1. The van der Waals surface area contributed by atoms with Gasteiger partial charge in [-0.1, -0.05) is 17.4 Å². The molecule has 0 saturated carbocycles. The molecule has 1 fully saturated rings. The minimum Gasteiger partial charge on any atom is -0.378 e. The molecule has 0 aromatic carbocycles. The number of hydrogen-bond donors (Lipinski definition) is 1. The fraction of sp³-hybridized carbons (Fsp3) is 0.294. The van der Waals surface area contributed by atoms with Gasteiger partial charge in [0.25, 0.3) is 5.91 Å². The van der Waals surface area contributed by atoms with Crippen molar-refractivity contribution in [3.63, 3.8) is 0 Å². The van der Waals surface area contributed by atoms with Crippen LogP contribution in [0.1, 0.15) is 16.1 Å². The molecule has 0 spiro atoms. The quantitative estimate of drug-likeness (QED) is 0.732. The third-order valence-electron chi connectivity index (χ3n) is 4.05. The molecule has 0 unspecified atom stereocenters. The van der Waals surface area contributed by atoms with Crippen molar-refractivity contribution in [2.45, 2.75) is 6.54 Å². The van der Waals surface area contributed by atoms with Crippen LogP contribution in [0.5, 0.6) is 0 Å². The monoisotopic (exact) mass is 370 g/mol. The van der Waals surface area contributed by atoms with Crippen molar-refractivity contribution in [1.82, 2.24) is 25.1 Å². The Balaban J connectivity index is 1.48. The highest BCUT2D eigenvalue weighted by atomic mass is 32.1. The lowest BCUT2D eigenvalue weighted by Gasteiger charge is -2.25. The predicted molar refractivity (Wildman–Crippen MR) is 97.7 cm³/mol. The lowest BCUT2D eigenvalue weighted by Crippen LogP contribution is -2.36. The molecule has 3 aromatic rings. The Hall–Kier alpha value is -2.78. The molecule has 0 bridgehead atoms. The molecule has 1 aliphatic heterocycles. The van der Waals surface area contributed by atoms with Gasteiger partial charge in [-0.2, -0.15) is 0 Å². The number of morpholine rings is 1. The van der Waals surface area contributed by atoms with Gasteiger partial charge in [0, 0.05) is 38.2 Å². The van der Waals surface area contributed by atoms with Crippen molar-refractivity contribution in [1.29, 1.82) is 0 Å². The van der Waals surface area contributed by atoms with Crippen molar-refractivity contribution in [3.8, 4) is 5.13 Å². The molecule has 1 amide bonds. The molecule has 1 aliphatic rings. The molecule has 3 aromatic heterocycles. The van der Waals surface area contributed by atoms with Crippen molar-refractivity contribution >= 4 is 22.4 Å². The second kappa shape index (κ2) is 7.63. The first-order valence-corrected chi connectivity index (χ1v) is 9.14. The summed E-state index contributed by atoms with van der Waals surface area (Å²) in [6.45, 7) is 3.42. The van der Waals surface area contributed by atoms with E-state index in [1.54, 1.807) is 23.0 Å². The van der Waals surface area contributed by atoms with Crippen molar-refractivity contribution in [2.24, 2.45) is 0 Å². The Bertz CT molecular complexity index is 872. The second-order valence-corrected chi connectivity index (χ2v) is 6.71. The van der Waals surface area contributed by atoms with E-state index in [4.69, 9.17) is 4.74 Å². The largest absolute Gasteiger partial charge is 0.378 e. The minimum atomic E-state index is -0.165. The number of nitrogens with one attached hydrogen (secondary N) is 1. The number of hydrogen-bond acceptors (Lipinski definition) is 7. The number of carbonyl (C=O) groups excluding carboxylic acids is 1. The van der Waals surface area contributed by atoms with Crippen molar-refractivity contribution in [2.75, 3.05) is 31.2 Å². The summed E-state index contributed by atoms with van der Waals surface area (Å²) < 4.78 is 7.13. The highest BCUT2D eigenvalue weighted by Gasteiger charge is 2.19. The van der Waals surface area contributed by atoms with Crippen molar-refractivity contribution < 1.29 is 9.53 Å². The molecular weight excluding hydrogens is 352 g/mol. The summed E-state index contributed by atoms with van der Waals surface area (Å²) in [6.07, 6.45) is 5.26. The average molecular weight is 370 g/mol. The van der Waals surface area contributed by atoms with Gasteiger partial charge in [0.05, 0.1) is 13.2 Å². The van der Waals surface area contributed by atoms with Gasteiger partial charge >= 0.3 is 0 Å². The van der Waals surface area contributed by atoms with E-state index in [1.807, 2.05) is 24.4 Å². The number of nitrogens with zero attached hydrogens (tertiary/aromatic N) is 5. The molecule has 8 nitrogen and oxygen atoms in total. The Morgan fingerprint density at radius 3 is 2.85 bits per heavy atom. The minimum absolute atomic E-state index is 0.165. The lowest BCUT2D eigenvalue weighted by molar-refractivity contribution is 0.0944. The van der Waals surface area contributed by atoms with E-state index in [1.165, 1.54) is 11.3 Å². The molecule has 26 heavy (non-hydrogen) atoms. The van der Waals surface area contributed by atoms with Gasteiger partial charge in [-0.3, -0.25) is 14.3 Å². The Labute approximate surface area is 154 Å². The van der Waals surface area contributed by atoms with Gasteiger partial charge in [0.15, 0.2) is 0 Å². The molecule has 134 valence electrons. The summed E-state index contributed by atoms with van der Waals surface area (Å²) >= 11 is 1.46. The zero-order chi connectivity index (χ0) is 17.8. The van der Waals surface area contributed by atoms with E-state index < -0.39 is 0 Å². The summed E-state index contributed by atoms with van der Waals surface area (Å²) in [4.78, 5) is 18.8. The highest BCUT2D eigenvalue weighted by Crippen LogP contribution is 2.25. The first-order valence-electron chi connectivity index (χ1n) is 8.32. The lowest BCUT2D eigenvalue weighted by atomic mass is 10.3. The maximum atomic E-state index is 12.6. The van der Waals surface area contributed by atoms with Gasteiger partial charge in [0.1, 0.15) is 5.69 Å². The van der Waals surface area contributed by atoms with Crippen LogP contribution in [0.2, 0.25) is 0 Å². The smallest absolute Gasteiger partial charge is 0.268 e. The SMILES string of the molecule is O=C(NCc1cccnc1)c1cccn1-c1nnc(N2CCOCC2)s1. The zero-order valence-electron chi connectivity index (χ0n) is 14.0. The van der Waals surface area contributed by atoms with Gasteiger partial charge < -0.3 is 15.0 Å². The molecule has 0 atom stereocenters. The predicted octanol–water partition coefficient (Wildman–Crippen LogP) is 1.49. The second-order valence-electron chi connectivity index (χ2n) is 5.77. The van der Waals surface area contributed by atoms with Crippen LogP contribution in [-0.4, -0.2) is 52.0 Å². The van der Waals surface area contributed by atoms with Crippen LogP contribution in [0.25, 0.3) is 5.13 Å². The number of aromatic nitrogens is 4. The molecule has 4 rings (SSSR count). The zero-order valence-corrected chi connectivity index (χ0v) is 14.9. The maximum Gasteiger partial charge on any atom is 0.268 e. The van der Waals surface area contributed by atoms with Crippen LogP contribution in [-0.2, 0) is 11.3 Å². The third kappa shape index (κ3) is 3.58. The maximum absolute atomic E-state index is 12.6. The van der Waals surface area contributed by atoms with E-state index in [9.17, 15) is 4.79 Å². The molecule has 0 aliphatic carbocycles. The van der Waals surface area contributed by atoms with Crippen molar-refractivity contribution in [3.05, 3.63) is 54.1 Å². The van der Waals surface area contributed by atoms with Gasteiger partial charge in [-0.05, 0) is 23.8 Å². The summed E-state index contributed by atoms with van der Waals surface area (Å²) in [5, 5.41) is 12.9. The molecule has 1 saturated heterocycles. The van der Waals surface area contributed by atoms with Gasteiger partial charge in [-0.25, -0.2) is 0 Å². The first-order chi connectivity index (χ1) is 12.8. The number of ether oxygens (including phenoxy) is 1. The van der Waals surface area contributed by atoms with E-state index >= 15 is 0 Å². The Kier molecular flexibility index (Phi) is 4.89. The van der Waals surface area contributed by atoms with Gasteiger partial charge in [-0.15, -0.1) is 10.2 Å². The standard InChI is InChI=1S/C17H18N6O2S/c24-15(19-12-13-3-1-5-18-11-13)14-4-2-6-23(14)17-21-20-16(26-17)22-7-9-25-10-8-22/h1-6,11H,7-10,12H2,(H,19,24). The van der Waals surface area contributed by atoms with Crippen LogP contribution in [0.3, 0.4) is 0 Å². The molecule has 1 N–H and O–H groups in total. The van der Waals surface area contributed by atoms with Crippen LogP contribution in [0.4, 0.5) is 5.13 Å². The van der Waals surface area contributed by atoms with Gasteiger partial charge in [0.2, 0.25) is 10.3 Å². The average Bonchev–Trinajstić information content (AvgIpc) is 3.37. The summed E-state index contributed by atoms with van der Waals surface area (Å²) in [6, 6.07) is 7.37. The summed E-state index contributed by atoms with van der Waals surface area (Å²) in [5.41, 5.74) is 1.48. The Morgan fingerprint density at radius 2 is 2.04 bits per heavy atom. The highest BCUT2D eigenvalue weighted by molar-refractivity contribution is 7.17. The summed E-state index contributed by atoms with van der Waals surface area (Å²) in [5.74, 6) is -0.165. The first kappa shape index (κ1) is 16.7. The van der Waals surface area contributed by atoms with E-state index in [2.05, 4.69) is 25.4 Å². The summed E-state index contributed by atoms with van der Waals surface area (Å²) in [7, 11) is 0. The number of rotatable bonds is 5. The molecule has 9 heteroatoms. The van der Waals surface area contributed by atoms with Crippen LogP contribution in [0.15, 0.2) is 42.9 Å². The number of pyridine rings is 1. The fourth-order valence-electron chi connectivity index (χ4n) is 2.70. The molecular formula is C17H18N6O2S. The van der Waals surface area contributed by atoms with Crippen LogP contribution >= 0.6 is 11.3 Å². The number of carbonyl (C=O) groups is 1. The molecule has 4 heterocycles. The third-order valence-corrected chi connectivity index (χ3v) is 5.03. The molecule has 0 radical (unpaired) electrons. The van der Waals surface area contributed by atoms with E-state index in [-0.39, 0.29) is 5.91 Å². The Morgan fingerprint density at radius 1 is 1.19 bits per heavy atom. The fourth-order valence-corrected chi connectivity index (χ4v) is 3.59. The topological polar surface area (TPSA) is 85.2 Å². The van der Waals surface area contributed by atoms with E-state index in [0.717, 1.165) is 23.8 Å².